The first-order chi connectivity index (χ1) is 10.6. The minimum Gasteiger partial charge on any atom is -0.373 e. The molecule has 0 aliphatic rings. The van der Waals surface area contributed by atoms with E-state index in [-0.39, 0.29) is 5.91 Å². The Bertz CT molecular complexity index is 695. The molecule has 0 bridgehead atoms. The van der Waals surface area contributed by atoms with E-state index in [4.69, 9.17) is 16.9 Å². The van der Waals surface area contributed by atoms with Crippen molar-refractivity contribution in [2.75, 3.05) is 5.32 Å². The number of carbonyl (C=O) groups excluding carboxylic acids is 1. The molecule has 4 nitrogen and oxygen atoms in total. The molecule has 0 aliphatic carbocycles. The molecule has 2 aromatic carbocycles. The van der Waals surface area contributed by atoms with Crippen LogP contribution >= 0.6 is 11.6 Å². The van der Waals surface area contributed by atoms with E-state index in [0.29, 0.717) is 22.8 Å². The van der Waals surface area contributed by atoms with E-state index in [2.05, 4.69) is 16.7 Å². The van der Waals surface area contributed by atoms with Crippen molar-refractivity contribution in [1.29, 1.82) is 5.26 Å². The van der Waals surface area contributed by atoms with Gasteiger partial charge in [-0.25, -0.2) is 0 Å². The van der Waals surface area contributed by atoms with Gasteiger partial charge < -0.3 is 10.6 Å². The van der Waals surface area contributed by atoms with Gasteiger partial charge in [0.25, 0.3) is 0 Å². The summed E-state index contributed by atoms with van der Waals surface area (Å²) in [6.07, 6.45) is 0. The number of carbonyl (C=O) groups is 1. The monoisotopic (exact) mass is 313 g/mol. The number of nitrogens with one attached hydrogen (secondary N) is 2. The van der Waals surface area contributed by atoms with Gasteiger partial charge in [0.1, 0.15) is 12.1 Å². The first-order valence-electron chi connectivity index (χ1n) is 6.88. The Labute approximate surface area is 134 Å². The number of nitriles is 1. The number of amides is 1. The van der Waals surface area contributed by atoms with E-state index in [1.165, 1.54) is 0 Å². The lowest BCUT2D eigenvalue weighted by Crippen LogP contribution is -2.37. The van der Waals surface area contributed by atoms with Crippen LogP contribution in [0.15, 0.2) is 48.5 Å². The lowest BCUT2D eigenvalue weighted by Gasteiger charge is -2.16. The van der Waals surface area contributed by atoms with Gasteiger partial charge in [0.15, 0.2) is 0 Å². The fraction of sp³-hybridized carbons (Fsp3) is 0.176. The summed E-state index contributed by atoms with van der Waals surface area (Å²) in [6.45, 7) is 2.22. The zero-order valence-electron chi connectivity index (χ0n) is 12.1. The number of hydrogen-bond donors (Lipinski definition) is 2. The predicted molar refractivity (Wildman–Crippen MR) is 87.5 cm³/mol. The molecule has 0 aliphatic heterocycles. The summed E-state index contributed by atoms with van der Waals surface area (Å²) in [5.41, 5.74) is 2.04. The van der Waals surface area contributed by atoms with E-state index in [9.17, 15) is 4.79 Å². The molecule has 2 rings (SSSR count). The van der Waals surface area contributed by atoms with Crippen LogP contribution in [0.1, 0.15) is 18.1 Å². The molecule has 0 fully saturated rings. The third kappa shape index (κ3) is 4.24. The van der Waals surface area contributed by atoms with Crippen LogP contribution in [0.5, 0.6) is 0 Å². The van der Waals surface area contributed by atoms with Crippen molar-refractivity contribution in [3.63, 3.8) is 0 Å². The Morgan fingerprint density at radius 1 is 1.27 bits per heavy atom. The van der Waals surface area contributed by atoms with Crippen molar-refractivity contribution in [3.05, 3.63) is 64.7 Å². The van der Waals surface area contributed by atoms with Gasteiger partial charge >= 0.3 is 0 Å². The molecule has 0 radical (unpaired) electrons. The molecule has 0 aromatic heterocycles. The molecule has 0 heterocycles. The van der Waals surface area contributed by atoms with Gasteiger partial charge in [0.2, 0.25) is 5.91 Å². The molecule has 5 heteroatoms. The zero-order valence-corrected chi connectivity index (χ0v) is 12.9. The van der Waals surface area contributed by atoms with Gasteiger partial charge in [-0.15, -0.1) is 0 Å². The van der Waals surface area contributed by atoms with Crippen molar-refractivity contribution in [2.45, 2.75) is 19.5 Å². The smallest absolute Gasteiger partial charge is 0.242 e. The van der Waals surface area contributed by atoms with Gasteiger partial charge in [-0.1, -0.05) is 41.9 Å². The van der Waals surface area contributed by atoms with Crippen LogP contribution in [0.2, 0.25) is 5.02 Å². The van der Waals surface area contributed by atoms with E-state index in [1.807, 2.05) is 30.3 Å². The Hall–Kier alpha value is -2.51. The molecule has 1 unspecified atom stereocenters. The number of halogens is 1. The molecule has 1 atom stereocenters. The third-order valence-electron chi connectivity index (χ3n) is 3.18. The van der Waals surface area contributed by atoms with Crippen LogP contribution in [-0.2, 0) is 11.3 Å². The topological polar surface area (TPSA) is 64.9 Å². The molecule has 112 valence electrons. The molecular weight excluding hydrogens is 298 g/mol. The highest BCUT2D eigenvalue weighted by atomic mass is 35.5. The lowest BCUT2D eigenvalue weighted by atomic mass is 10.1. The van der Waals surface area contributed by atoms with E-state index in [0.717, 1.165) is 5.56 Å². The van der Waals surface area contributed by atoms with Gasteiger partial charge in [0, 0.05) is 11.6 Å². The molecule has 0 spiro atoms. The summed E-state index contributed by atoms with van der Waals surface area (Å²) in [6, 6.07) is 16.2. The maximum atomic E-state index is 12.1. The Kier molecular flexibility index (Phi) is 5.40. The van der Waals surface area contributed by atoms with E-state index in [1.54, 1.807) is 25.1 Å². The van der Waals surface area contributed by atoms with Crippen molar-refractivity contribution in [3.8, 4) is 6.07 Å². The second-order valence-corrected chi connectivity index (χ2v) is 5.31. The number of anilines is 1. The normalized spacial score (nSPS) is 11.3. The van der Waals surface area contributed by atoms with E-state index < -0.39 is 6.04 Å². The summed E-state index contributed by atoms with van der Waals surface area (Å²) < 4.78 is 0. The number of benzene rings is 2. The molecule has 2 aromatic rings. The SMILES string of the molecule is CC(Nc1ccc(Cl)cc1C#N)C(=O)NCc1ccccc1. The van der Waals surface area contributed by atoms with Crippen LogP contribution in [0.25, 0.3) is 0 Å². The average molecular weight is 314 g/mol. The maximum absolute atomic E-state index is 12.1. The fourth-order valence-corrected chi connectivity index (χ4v) is 2.14. The van der Waals surface area contributed by atoms with E-state index >= 15 is 0 Å². The number of hydrogen-bond acceptors (Lipinski definition) is 3. The van der Waals surface area contributed by atoms with Crippen molar-refractivity contribution in [1.82, 2.24) is 5.32 Å². The second kappa shape index (κ2) is 7.48. The highest BCUT2D eigenvalue weighted by molar-refractivity contribution is 6.30. The van der Waals surface area contributed by atoms with Crippen LogP contribution in [0.3, 0.4) is 0 Å². The fourth-order valence-electron chi connectivity index (χ4n) is 1.97. The maximum Gasteiger partial charge on any atom is 0.242 e. The first-order valence-corrected chi connectivity index (χ1v) is 7.26. The molecule has 0 saturated heterocycles. The summed E-state index contributed by atoms with van der Waals surface area (Å²) in [5, 5.41) is 15.5. The average Bonchev–Trinajstić information content (AvgIpc) is 2.55. The van der Waals surface area contributed by atoms with Gasteiger partial charge in [-0.05, 0) is 30.7 Å². The summed E-state index contributed by atoms with van der Waals surface area (Å²) in [5.74, 6) is -0.136. The van der Waals surface area contributed by atoms with Crippen molar-refractivity contribution < 1.29 is 4.79 Å². The number of rotatable bonds is 5. The Morgan fingerprint density at radius 2 is 2.00 bits per heavy atom. The molecule has 0 saturated carbocycles. The number of nitrogens with zero attached hydrogens (tertiary/aromatic N) is 1. The molecule has 22 heavy (non-hydrogen) atoms. The van der Waals surface area contributed by atoms with Crippen LogP contribution in [-0.4, -0.2) is 11.9 Å². The molecular formula is C17H16ClN3O. The van der Waals surface area contributed by atoms with Gasteiger partial charge in [-0.3, -0.25) is 4.79 Å². The van der Waals surface area contributed by atoms with Crippen molar-refractivity contribution >= 4 is 23.2 Å². The van der Waals surface area contributed by atoms with Crippen LogP contribution < -0.4 is 10.6 Å². The van der Waals surface area contributed by atoms with Gasteiger partial charge in [-0.2, -0.15) is 5.26 Å². The Balaban J connectivity index is 1.96. The van der Waals surface area contributed by atoms with Crippen LogP contribution in [0, 0.1) is 11.3 Å². The quantitative estimate of drug-likeness (QED) is 0.890. The second-order valence-electron chi connectivity index (χ2n) is 4.87. The van der Waals surface area contributed by atoms with Gasteiger partial charge in [0.05, 0.1) is 11.3 Å². The molecule has 2 N–H and O–H groups in total. The zero-order chi connectivity index (χ0) is 15.9. The standard InChI is InChI=1S/C17H16ClN3O/c1-12(17(22)20-11-13-5-3-2-4-6-13)21-16-8-7-15(18)9-14(16)10-19/h2-9,12,21H,11H2,1H3,(H,20,22). The third-order valence-corrected chi connectivity index (χ3v) is 3.41. The minimum atomic E-state index is -0.461. The Morgan fingerprint density at radius 3 is 2.68 bits per heavy atom. The summed E-state index contributed by atoms with van der Waals surface area (Å²) in [4.78, 5) is 12.1. The summed E-state index contributed by atoms with van der Waals surface area (Å²) >= 11 is 5.85. The van der Waals surface area contributed by atoms with Crippen molar-refractivity contribution in [2.24, 2.45) is 0 Å². The largest absolute Gasteiger partial charge is 0.373 e. The van der Waals surface area contributed by atoms with Crippen LogP contribution in [0.4, 0.5) is 5.69 Å². The summed E-state index contributed by atoms with van der Waals surface area (Å²) in [7, 11) is 0. The first kappa shape index (κ1) is 15.9. The highest BCUT2D eigenvalue weighted by Crippen LogP contribution is 2.20. The molecule has 1 amide bonds. The lowest BCUT2D eigenvalue weighted by molar-refractivity contribution is -0.121. The minimum absolute atomic E-state index is 0.136. The predicted octanol–water partition coefficient (Wildman–Crippen LogP) is 3.33. The highest BCUT2D eigenvalue weighted by Gasteiger charge is 2.14.